The molecule has 5 aliphatic rings. The van der Waals surface area contributed by atoms with E-state index in [2.05, 4.69) is 6.58 Å². The number of epoxide rings is 1. The highest BCUT2D eigenvalue weighted by atomic mass is 16.6. The number of carbonyl (C=O) groups excluding carboxylic acids is 5. The smallest absolute Gasteiger partial charge is 0.336 e. The van der Waals surface area contributed by atoms with Gasteiger partial charge in [-0.05, 0) is 30.1 Å². The highest BCUT2D eigenvalue weighted by Gasteiger charge is 2.84. The van der Waals surface area contributed by atoms with Crippen LogP contribution in [-0.2, 0) is 47.7 Å². The van der Waals surface area contributed by atoms with Gasteiger partial charge in [0.25, 0.3) is 0 Å². The number of hydrogen-bond donors (Lipinski definition) is 1. The average Bonchev–Trinajstić information content (AvgIpc) is 3.44. The van der Waals surface area contributed by atoms with Gasteiger partial charge in [0, 0.05) is 42.1 Å². The lowest BCUT2D eigenvalue weighted by molar-refractivity contribution is -0.209. The molecule has 1 saturated heterocycles. The maximum atomic E-state index is 13.2. The molecule has 2 saturated carbocycles. The quantitative estimate of drug-likeness (QED) is 0.211. The molecule has 0 aromatic carbocycles. The molecular weight excluding hydrogens is 548 g/mol. The van der Waals surface area contributed by atoms with Gasteiger partial charge in [-0.15, -0.1) is 0 Å². The lowest BCUT2D eigenvalue weighted by Crippen LogP contribution is -2.67. The van der Waals surface area contributed by atoms with Crippen LogP contribution in [-0.4, -0.2) is 72.1 Å². The first kappa shape index (κ1) is 30.2. The van der Waals surface area contributed by atoms with E-state index in [1.807, 2.05) is 13.8 Å². The summed E-state index contributed by atoms with van der Waals surface area (Å²) in [6.07, 6.45) is 0.652. The monoisotopic (exact) mass is 586 g/mol. The highest BCUT2D eigenvalue weighted by molar-refractivity contribution is 5.96. The Kier molecular flexibility index (Phi) is 6.89. The van der Waals surface area contributed by atoms with Gasteiger partial charge >= 0.3 is 23.9 Å². The molecule has 11 nitrogen and oxygen atoms in total. The molecule has 42 heavy (non-hydrogen) atoms. The molecule has 0 unspecified atom stereocenters. The lowest BCUT2D eigenvalue weighted by Gasteiger charge is -2.59. The second-order valence-electron chi connectivity index (χ2n) is 13.1. The van der Waals surface area contributed by atoms with E-state index in [1.165, 1.54) is 33.1 Å². The molecule has 2 heterocycles. The summed E-state index contributed by atoms with van der Waals surface area (Å²) in [5, 5.41) is 10.1. The Bertz CT molecular complexity index is 1340. The molecule has 2 aliphatic heterocycles. The number of rotatable bonds is 6. The zero-order chi connectivity index (χ0) is 31.2. The number of aliphatic hydroxyl groups is 1. The van der Waals surface area contributed by atoms with Crippen LogP contribution in [0.1, 0.15) is 54.4 Å². The van der Waals surface area contributed by atoms with Gasteiger partial charge in [0.2, 0.25) is 6.29 Å². The first-order valence-electron chi connectivity index (χ1n) is 14.1. The van der Waals surface area contributed by atoms with Crippen LogP contribution in [0, 0.1) is 34.0 Å². The van der Waals surface area contributed by atoms with Gasteiger partial charge in [0.05, 0.1) is 25.0 Å². The minimum absolute atomic E-state index is 0.112. The van der Waals surface area contributed by atoms with Crippen LogP contribution in [0.15, 0.2) is 36.0 Å². The fourth-order valence-electron chi connectivity index (χ4n) is 8.72. The summed E-state index contributed by atoms with van der Waals surface area (Å²) in [4.78, 5) is 64.1. The van der Waals surface area contributed by atoms with E-state index in [0.29, 0.717) is 12.0 Å². The summed E-state index contributed by atoms with van der Waals surface area (Å²) in [6.45, 7) is 14.2. The van der Waals surface area contributed by atoms with Gasteiger partial charge in [0.15, 0.2) is 5.78 Å². The Morgan fingerprint density at radius 2 is 1.74 bits per heavy atom. The second kappa shape index (κ2) is 9.60. The molecular formula is C31H38O11. The van der Waals surface area contributed by atoms with E-state index >= 15 is 0 Å². The van der Waals surface area contributed by atoms with Crippen LogP contribution >= 0.6 is 0 Å². The minimum atomic E-state index is -1.41. The molecule has 0 bridgehead atoms. The van der Waals surface area contributed by atoms with Crippen molar-refractivity contribution in [3.63, 3.8) is 0 Å². The molecule has 5 rings (SSSR count). The van der Waals surface area contributed by atoms with Crippen molar-refractivity contribution in [3.05, 3.63) is 36.0 Å². The van der Waals surface area contributed by atoms with Gasteiger partial charge < -0.3 is 28.8 Å². The third-order valence-electron chi connectivity index (χ3n) is 10.6. The van der Waals surface area contributed by atoms with Crippen molar-refractivity contribution in [2.24, 2.45) is 34.0 Å². The second-order valence-corrected chi connectivity index (χ2v) is 13.1. The van der Waals surface area contributed by atoms with Crippen LogP contribution in [0.4, 0.5) is 0 Å². The molecule has 10 atom stereocenters. The SMILES string of the molecule is C=C1[C@@H]([C@@]2(C)C=CC(=O)C(C)(C)[C@@H]2CC(=O)OC)[C@@H](OC(C)=O)[C@H](OC(C)=O)[C@@]2(C)[C@H](C3=C[C@H](O)OC3=O)C[C@H]3O[C@]132. The third-order valence-corrected chi connectivity index (χ3v) is 10.6. The summed E-state index contributed by atoms with van der Waals surface area (Å²) in [7, 11) is 1.27. The molecule has 11 heteroatoms. The molecule has 1 N–H and O–H groups in total. The Hall–Kier alpha value is -3.31. The van der Waals surface area contributed by atoms with Gasteiger partial charge in [-0.1, -0.05) is 40.3 Å². The predicted octanol–water partition coefficient (Wildman–Crippen LogP) is 2.35. The lowest BCUT2D eigenvalue weighted by atomic mass is 9.46. The molecule has 0 aromatic heterocycles. The molecule has 0 aromatic rings. The van der Waals surface area contributed by atoms with E-state index in [4.69, 9.17) is 23.7 Å². The summed E-state index contributed by atoms with van der Waals surface area (Å²) in [6, 6.07) is 0. The molecule has 3 aliphatic carbocycles. The normalized spacial score (nSPS) is 43.1. The van der Waals surface area contributed by atoms with Crippen molar-refractivity contribution < 1.29 is 52.8 Å². The first-order chi connectivity index (χ1) is 19.5. The van der Waals surface area contributed by atoms with Crippen molar-refractivity contribution in [1.82, 2.24) is 0 Å². The average molecular weight is 587 g/mol. The summed E-state index contributed by atoms with van der Waals surface area (Å²) in [5.41, 5.74) is -3.55. The Morgan fingerprint density at radius 1 is 1.10 bits per heavy atom. The van der Waals surface area contributed by atoms with Crippen LogP contribution in [0.3, 0.4) is 0 Å². The highest BCUT2D eigenvalue weighted by Crippen LogP contribution is 2.76. The fraction of sp³-hybridized carbons (Fsp3) is 0.645. The Balaban J connectivity index is 1.73. The number of ketones is 1. The number of methoxy groups -OCH3 is 1. The number of allylic oxidation sites excluding steroid dienone is 2. The molecule has 0 amide bonds. The van der Waals surface area contributed by atoms with Crippen LogP contribution in [0.25, 0.3) is 0 Å². The van der Waals surface area contributed by atoms with Crippen molar-refractivity contribution in [1.29, 1.82) is 0 Å². The summed E-state index contributed by atoms with van der Waals surface area (Å²) >= 11 is 0. The van der Waals surface area contributed by atoms with Crippen molar-refractivity contribution >= 4 is 29.7 Å². The van der Waals surface area contributed by atoms with E-state index in [0.717, 1.165) is 0 Å². The van der Waals surface area contributed by atoms with Gasteiger partial charge in [-0.3, -0.25) is 19.2 Å². The maximum Gasteiger partial charge on any atom is 0.336 e. The zero-order valence-corrected chi connectivity index (χ0v) is 24.9. The Morgan fingerprint density at radius 3 is 2.29 bits per heavy atom. The summed E-state index contributed by atoms with van der Waals surface area (Å²) < 4.78 is 28.5. The van der Waals surface area contributed by atoms with Gasteiger partial charge in [-0.2, -0.15) is 0 Å². The molecule has 0 radical (unpaired) electrons. The van der Waals surface area contributed by atoms with E-state index in [1.54, 1.807) is 19.9 Å². The standard InChI is InChI=1S/C31H38O11/c1-14-24(29(6)10-9-20(34)28(4,5)19(29)13-22(35)38-8)25(39-15(2)32)26(40-16(3)33)30(7)18(12-21-31(14,30)42-21)17-11-23(36)41-27(17)37/h9-11,18-19,21,23-26,36H,1,12-13H2,2-8H3/t18-,19-,21+,23+,24+,25+,26-,29-,30+,31+/m0/s1. The minimum Gasteiger partial charge on any atom is -0.469 e. The van der Waals surface area contributed by atoms with Crippen molar-refractivity contribution in [3.8, 4) is 0 Å². The zero-order valence-electron chi connectivity index (χ0n) is 24.9. The van der Waals surface area contributed by atoms with Gasteiger partial charge in [-0.25, -0.2) is 4.79 Å². The third kappa shape index (κ3) is 3.96. The Labute approximate surface area is 244 Å². The number of hydrogen-bond acceptors (Lipinski definition) is 11. The maximum absolute atomic E-state index is 13.2. The summed E-state index contributed by atoms with van der Waals surface area (Å²) in [5.74, 6) is -4.68. The number of aliphatic hydroxyl groups excluding tert-OH is 1. The molecule has 3 fully saturated rings. The fourth-order valence-corrected chi connectivity index (χ4v) is 8.72. The molecule has 228 valence electrons. The van der Waals surface area contributed by atoms with E-state index in [9.17, 15) is 29.1 Å². The van der Waals surface area contributed by atoms with Crippen molar-refractivity contribution in [2.45, 2.75) is 84.6 Å². The number of carbonyl (C=O) groups is 5. The number of ether oxygens (including phenoxy) is 5. The van der Waals surface area contributed by atoms with Crippen LogP contribution < -0.4 is 0 Å². The van der Waals surface area contributed by atoms with Crippen LogP contribution in [0.5, 0.6) is 0 Å². The van der Waals surface area contributed by atoms with E-state index in [-0.39, 0.29) is 17.8 Å². The topological polar surface area (TPSA) is 155 Å². The van der Waals surface area contributed by atoms with E-state index < -0.39 is 88.1 Å². The van der Waals surface area contributed by atoms with Gasteiger partial charge in [0.1, 0.15) is 17.8 Å². The molecule has 1 spiro atoms. The van der Waals surface area contributed by atoms with Crippen LogP contribution in [0.2, 0.25) is 0 Å². The van der Waals surface area contributed by atoms with Crippen molar-refractivity contribution in [2.75, 3.05) is 7.11 Å². The first-order valence-corrected chi connectivity index (χ1v) is 14.1. The number of cyclic esters (lactones) is 1. The number of esters is 4. The largest absolute Gasteiger partial charge is 0.469 e. The predicted molar refractivity (Wildman–Crippen MR) is 144 cm³/mol.